The van der Waals surface area contributed by atoms with Gasteiger partial charge in [0.05, 0.1) is 11.6 Å². The lowest BCUT2D eigenvalue weighted by atomic mass is 10.2. The van der Waals surface area contributed by atoms with Crippen LogP contribution < -0.4 is 0 Å². The molecule has 2 nitrogen and oxygen atoms in total. The van der Waals surface area contributed by atoms with E-state index < -0.39 is 6.67 Å². The van der Waals surface area contributed by atoms with E-state index in [-0.39, 0.29) is 0 Å². The molecule has 50 valence electrons. The van der Waals surface area contributed by atoms with Crippen molar-refractivity contribution in [2.75, 3.05) is 0 Å². The second kappa shape index (κ2) is 2.92. The molecule has 0 aliphatic carbocycles. The van der Waals surface area contributed by atoms with Crippen molar-refractivity contribution in [1.82, 2.24) is 4.98 Å². The van der Waals surface area contributed by atoms with E-state index in [1.54, 1.807) is 0 Å². The number of alkyl halides is 1. The minimum Gasteiger partial charge on any atom is -0.264 e. The molecule has 0 saturated carbocycles. The summed E-state index contributed by atoms with van der Waals surface area (Å²) in [6, 6.07) is 3.36. The highest BCUT2D eigenvalue weighted by atomic mass is 19.1. The van der Waals surface area contributed by atoms with Gasteiger partial charge >= 0.3 is 0 Å². The quantitative estimate of drug-likeness (QED) is 0.585. The third-order valence-corrected chi connectivity index (χ3v) is 1.17. The molecule has 0 fully saturated rings. The summed E-state index contributed by atoms with van der Waals surface area (Å²) in [6.45, 7) is -0.628. The first-order chi connectivity index (χ1) is 4.88. The SMILES string of the molecule is N#Cc1ccncc1CF. The zero-order chi connectivity index (χ0) is 7.40. The summed E-state index contributed by atoms with van der Waals surface area (Å²) in [5, 5.41) is 8.41. The van der Waals surface area contributed by atoms with Crippen molar-refractivity contribution in [3.8, 4) is 6.07 Å². The minimum absolute atomic E-state index is 0.352. The molecule has 1 heterocycles. The van der Waals surface area contributed by atoms with Crippen molar-refractivity contribution in [1.29, 1.82) is 5.26 Å². The first kappa shape index (κ1) is 6.69. The van der Waals surface area contributed by atoms with Crippen molar-refractivity contribution in [3.63, 3.8) is 0 Å². The molecule has 0 radical (unpaired) electrons. The van der Waals surface area contributed by atoms with E-state index in [0.29, 0.717) is 11.1 Å². The molecule has 1 rings (SSSR count). The number of nitriles is 1. The smallest absolute Gasteiger partial charge is 0.117 e. The highest BCUT2D eigenvalue weighted by Gasteiger charge is 1.97. The molecule has 0 amide bonds. The lowest BCUT2D eigenvalue weighted by Crippen LogP contribution is -1.86. The topological polar surface area (TPSA) is 36.7 Å². The number of rotatable bonds is 1. The average Bonchev–Trinajstić information content (AvgIpc) is 2.04. The molecule has 0 atom stereocenters. The third-order valence-electron chi connectivity index (χ3n) is 1.17. The highest BCUT2D eigenvalue weighted by molar-refractivity contribution is 5.34. The maximum absolute atomic E-state index is 12.0. The van der Waals surface area contributed by atoms with Crippen molar-refractivity contribution in [2.24, 2.45) is 0 Å². The van der Waals surface area contributed by atoms with Crippen LogP contribution in [-0.4, -0.2) is 4.98 Å². The van der Waals surface area contributed by atoms with Crippen LogP contribution >= 0.6 is 0 Å². The van der Waals surface area contributed by atoms with Gasteiger partial charge in [0.1, 0.15) is 6.67 Å². The maximum Gasteiger partial charge on any atom is 0.117 e. The lowest BCUT2D eigenvalue weighted by Gasteiger charge is -1.93. The fraction of sp³-hybridized carbons (Fsp3) is 0.143. The van der Waals surface area contributed by atoms with Crippen LogP contribution in [0.3, 0.4) is 0 Å². The molecule has 0 N–H and O–H groups in total. The van der Waals surface area contributed by atoms with Gasteiger partial charge in [0.25, 0.3) is 0 Å². The van der Waals surface area contributed by atoms with Gasteiger partial charge in [-0.15, -0.1) is 0 Å². The zero-order valence-corrected chi connectivity index (χ0v) is 5.21. The van der Waals surface area contributed by atoms with E-state index in [0.717, 1.165) is 0 Å². The molecule has 1 aromatic rings. The second-order valence-electron chi connectivity index (χ2n) is 1.78. The van der Waals surface area contributed by atoms with Crippen molar-refractivity contribution in [3.05, 3.63) is 29.6 Å². The van der Waals surface area contributed by atoms with E-state index in [4.69, 9.17) is 5.26 Å². The van der Waals surface area contributed by atoms with Gasteiger partial charge in [-0.1, -0.05) is 0 Å². The Balaban J connectivity index is 3.12. The summed E-state index contributed by atoms with van der Waals surface area (Å²) >= 11 is 0. The van der Waals surface area contributed by atoms with Gasteiger partial charge in [-0.25, -0.2) is 4.39 Å². The van der Waals surface area contributed by atoms with Crippen LogP contribution in [0.4, 0.5) is 4.39 Å². The Morgan fingerprint density at radius 1 is 1.70 bits per heavy atom. The standard InChI is InChI=1S/C7H5FN2/c8-3-7-5-10-2-1-6(7)4-9/h1-2,5H,3H2. The largest absolute Gasteiger partial charge is 0.264 e. The molecule has 0 aliphatic heterocycles. The van der Waals surface area contributed by atoms with Crippen molar-refractivity contribution < 1.29 is 4.39 Å². The van der Waals surface area contributed by atoms with Gasteiger partial charge < -0.3 is 0 Å². The van der Waals surface area contributed by atoms with E-state index >= 15 is 0 Å². The van der Waals surface area contributed by atoms with Crippen LogP contribution in [0.1, 0.15) is 11.1 Å². The predicted molar refractivity (Wildman–Crippen MR) is 33.8 cm³/mol. The maximum atomic E-state index is 12.0. The Hall–Kier alpha value is -1.43. The molecular formula is C7H5FN2. The molecule has 0 aromatic carbocycles. The molecule has 0 saturated heterocycles. The van der Waals surface area contributed by atoms with Crippen LogP contribution in [0, 0.1) is 11.3 Å². The van der Waals surface area contributed by atoms with Crippen molar-refractivity contribution in [2.45, 2.75) is 6.67 Å². The van der Waals surface area contributed by atoms with Gasteiger partial charge in [-0.3, -0.25) is 4.98 Å². The molecule has 3 heteroatoms. The van der Waals surface area contributed by atoms with Crippen molar-refractivity contribution >= 4 is 0 Å². The second-order valence-corrected chi connectivity index (χ2v) is 1.78. The summed E-state index contributed by atoms with van der Waals surface area (Å²) in [6.07, 6.45) is 2.83. The molecular weight excluding hydrogens is 131 g/mol. The van der Waals surface area contributed by atoms with Crippen LogP contribution in [0.15, 0.2) is 18.5 Å². The molecule has 0 aliphatic rings. The molecule has 0 bridgehead atoms. The first-order valence-corrected chi connectivity index (χ1v) is 2.77. The molecule has 1 aromatic heterocycles. The summed E-state index contributed by atoms with van der Waals surface area (Å²) < 4.78 is 12.0. The monoisotopic (exact) mass is 136 g/mol. The number of halogens is 1. The van der Waals surface area contributed by atoms with Gasteiger partial charge in [0.15, 0.2) is 0 Å². The summed E-state index contributed by atoms with van der Waals surface area (Å²) in [5.74, 6) is 0. The summed E-state index contributed by atoms with van der Waals surface area (Å²) in [4.78, 5) is 3.67. The number of aromatic nitrogens is 1. The zero-order valence-electron chi connectivity index (χ0n) is 5.21. The van der Waals surface area contributed by atoms with Crippen LogP contribution in [0.2, 0.25) is 0 Å². The minimum atomic E-state index is -0.628. The highest BCUT2D eigenvalue weighted by Crippen LogP contribution is 2.05. The van der Waals surface area contributed by atoms with Crippen LogP contribution in [0.25, 0.3) is 0 Å². The molecule has 10 heavy (non-hydrogen) atoms. The number of pyridine rings is 1. The first-order valence-electron chi connectivity index (χ1n) is 2.77. The summed E-state index contributed by atoms with van der Waals surface area (Å²) in [5.41, 5.74) is 0.711. The van der Waals surface area contributed by atoms with E-state index in [1.165, 1.54) is 18.5 Å². The predicted octanol–water partition coefficient (Wildman–Crippen LogP) is 1.42. The number of nitrogens with zero attached hydrogens (tertiary/aromatic N) is 2. The molecule has 0 unspecified atom stereocenters. The van der Waals surface area contributed by atoms with E-state index in [1.807, 2.05) is 6.07 Å². The lowest BCUT2D eigenvalue weighted by molar-refractivity contribution is 0.483. The van der Waals surface area contributed by atoms with E-state index in [2.05, 4.69) is 4.98 Å². The van der Waals surface area contributed by atoms with Crippen LogP contribution in [0.5, 0.6) is 0 Å². The fourth-order valence-corrected chi connectivity index (χ4v) is 0.643. The number of hydrogen-bond donors (Lipinski definition) is 0. The molecule has 0 spiro atoms. The van der Waals surface area contributed by atoms with Gasteiger partial charge in [0.2, 0.25) is 0 Å². The Labute approximate surface area is 57.9 Å². The Kier molecular flexibility index (Phi) is 1.96. The summed E-state index contributed by atoms with van der Waals surface area (Å²) in [7, 11) is 0. The van der Waals surface area contributed by atoms with E-state index in [9.17, 15) is 4.39 Å². The van der Waals surface area contributed by atoms with Gasteiger partial charge in [-0.2, -0.15) is 5.26 Å². The van der Waals surface area contributed by atoms with Gasteiger partial charge in [-0.05, 0) is 6.07 Å². The number of hydrogen-bond acceptors (Lipinski definition) is 2. The average molecular weight is 136 g/mol. The Morgan fingerprint density at radius 3 is 3.00 bits per heavy atom. The Bertz CT molecular complexity index is 265. The van der Waals surface area contributed by atoms with Crippen LogP contribution in [-0.2, 0) is 6.67 Å². The third kappa shape index (κ3) is 1.11. The normalized spacial score (nSPS) is 8.80. The Morgan fingerprint density at radius 2 is 2.50 bits per heavy atom. The van der Waals surface area contributed by atoms with Gasteiger partial charge in [0, 0.05) is 18.0 Å². The fourth-order valence-electron chi connectivity index (χ4n) is 0.643.